The first-order chi connectivity index (χ1) is 9.83. The summed E-state index contributed by atoms with van der Waals surface area (Å²) in [6.07, 6.45) is 4.41. The van der Waals surface area contributed by atoms with E-state index in [1.807, 2.05) is 23.2 Å². The zero-order valence-corrected chi connectivity index (χ0v) is 11.3. The van der Waals surface area contributed by atoms with E-state index in [2.05, 4.69) is 42.5 Å². The maximum absolute atomic E-state index is 6.32. The highest BCUT2D eigenvalue weighted by molar-refractivity contribution is 5.63. The zero-order valence-electron chi connectivity index (χ0n) is 11.3. The lowest BCUT2D eigenvalue weighted by Crippen LogP contribution is -2.39. The number of benzene rings is 2. The minimum Gasteiger partial charge on any atom is -0.405 e. The largest absolute Gasteiger partial charge is 0.405 e. The number of rotatable bonds is 3. The summed E-state index contributed by atoms with van der Waals surface area (Å²) in [6.45, 7) is 0. The first-order valence-electron chi connectivity index (χ1n) is 6.87. The zero-order chi connectivity index (χ0) is 13.9. The van der Waals surface area contributed by atoms with E-state index < -0.39 is 0 Å². The van der Waals surface area contributed by atoms with Gasteiger partial charge in [-0.1, -0.05) is 54.6 Å². The van der Waals surface area contributed by atoms with Gasteiger partial charge in [-0.25, -0.2) is 5.84 Å². The summed E-state index contributed by atoms with van der Waals surface area (Å²) < 4.78 is 0. The van der Waals surface area contributed by atoms with Gasteiger partial charge in [0.25, 0.3) is 0 Å². The molecule has 1 aliphatic rings. The van der Waals surface area contributed by atoms with Crippen LogP contribution in [0.15, 0.2) is 66.9 Å². The molecule has 2 atom stereocenters. The summed E-state index contributed by atoms with van der Waals surface area (Å²) in [5.41, 5.74) is 9.19. The Kier molecular flexibility index (Phi) is 3.44. The van der Waals surface area contributed by atoms with E-state index in [9.17, 15) is 0 Å². The summed E-state index contributed by atoms with van der Waals surface area (Å²) in [6, 6.07) is 19.1. The van der Waals surface area contributed by atoms with Crippen molar-refractivity contribution in [1.82, 2.24) is 0 Å². The van der Waals surface area contributed by atoms with Crippen LogP contribution in [0.2, 0.25) is 0 Å². The first-order valence-corrected chi connectivity index (χ1v) is 6.87. The van der Waals surface area contributed by atoms with Crippen molar-refractivity contribution in [3.63, 3.8) is 0 Å². The smallest absolute Gasteiger partial charge is 0.0597 e. The molecular weight excluding hydrogens is 246 g/mol. The van der Waals surface area contributed by atoms with E-state index in [1.54, 1.807) is 6.20 Å². The van der Waals surface area contributed by atoms with Crippen LogP contribution in [-0.4, -0.2) is 6.04 Å². The second-order valence-electron chi connectivity index (χ2n) is 5.09. The Morgan fingerprint density at radius 1 is 1.00 bits per heavy atom. The lowest BCUT2D eigenvalue weighted by molar-refractivity contribution is 0.587. The van der Waals surface area contributed by atoms with Crippen molar-refractivity contribution in [1.29, 1.82) is 0 Å². The number of hydrazine groups is 1. The minimum absolute atomic E-state index is 0.203. The van der Waals surface area contributed by atoms with Crippen molar-refractivity contribution < 1.29 is 0 Å². The maximum atomic E-state index is 6.32. The van der Waals surface area contributed by atoms with Crippen molar-refractivity contribution in [2.75, 3.05) is 5.01 Å². The summed E-state index contributed by atoms with van der Waals surface area (Å²) in [4.78, 5) is 0. The molecule has 0 spiro atoms. The topological polar surface area (TPSA) is 55.3 Å². The van der Waals surface area contributed by atoms with Crippen LogP contribution in [0.5, 0.6) is 0 Å². The molecule has 2 aromatic carbocycles. The minimum atomic E-state index is 0.203. The summed E-state index contributed by atoms with van der Waals surface area (Å²) in [7, 11) is 0. The van der Waals surface area contributed by atoms with Gasteiger partial charge >= 0.3 is 0 Å². The van der Waals surface area contributed by atoms with Gasteiger partial charge in [-0.05, 0) is 29.8 Å². The predicted molar refractivity (Wildman–Crippen MR) is 83.1 cm³/mol. The molecule has 20 heavy (non-hydrogen) atoms. The fourth-order valence-electron chi connectivity index (χ4n) is 3.06. The van der Waals surface area contributed by atoms with Gasteiger partial charge in [-0.2, -0.15) is 0 Å². The third-order valence-corrected chi connectivity index (χ3v) is 3.96. The monoisotopic (exact) mass is 265 g/mol. The van der Waals surface area contributed by atoms with Crippen molar-refractivity contribution in [3.05, 3.63) is 78.0 Å². The third-order valence-electron chi connectivity index (χ3n) is 3.96. The van der Waals surface area contributed by atoms with Crippen molar-refractivity contribution in [3.8, 4) is 0 Å². The highest BCUT2D eigenvalue weighted by atomic mass is 15.4. The molecule has 3 heteroatoms. The molecule has 102 valence electrons. The quantitative estimate of drug-likeness (QED) is 0.839. The number of hydrogen-bond donors (Lipinski definition) is 2. The molecule has 0 amide bonds. The number of nitrogens with zero attached hydrogens (tertiary/aromatic N) is 1. The van der Waals surface area contributed by atoms with Crippen molar-refractivity contribution >= 4 is 5.69 Å². The van der Waals surface area contributed by atoms with Crippen LogP contribution < -0.4 is 16.6 Å². The standard InChI is InChI=1S/C17H19N3/c18-12-6-11-16-17(13-7-2-1-3-8-13)14-9-4-5-10-15(14)20(16)19/h1-10,12,16-17H,11,18-19H2. The number of para-hydroxylation sites is 1. The molecule has 0 fully saturated rings. The Hall–Kier alpha value is -2.26. The second kappa shape index (κ2) is 5.39. The normalized spacial score (nSPS) is 21.4. The summed E-state index contributed by atoms with van der Waals surface area (Å²) >= 11 is 0. The maximum Gasteiger partial charge on any atom is 0.0597 e. The molecule has 0 saturated carbocycles. The van der Waals surface area contributed by atoms with Crippen LogP contribution in [0, 0.1) is 0 Å². The van der Waals surface area contributed by atoms with Crippen molar-refractivity contribution in [2.45, 2.75) is 18.4 Å². The molecule has 3 nitrogen and oxygen atoms in total. The van der Waals surface area contributed by atoms with Gasteiger partial charge in [0.2, 0.25) is 0 Å². The molecule has 2 unspecified atom stereocenters. The molecule has 1 heterocycles. The fourth-order valence-corrected chi connectivity index (χ4v) is 3.06. The van der Waals surface area contributed by atoms with E-state index >= 15 is 0 Å². The summed E-state index contributed by atoms with van der Waals surface area (Å²) in [5.74, 6) is 6.60. The number of hydrogen-bond acceptors (Lipinski definition) is 3. The number of nitrogens with two attached hydrogens (primary N) is 2. The average Bonchev–Trinajstić information content (AvgIpc) is 2.79. The number of anilines is 1. The fraction of sp³-hybridized carbons (Fsp3) is 0.176. The van der Waals surface area contributed by atoms with E-state index in [0.717, 1.165) is 12.1 Å². The lowest BCUT2D eigenvalue weighted by Gasteiger charge is -2.25. The Balaban J connectivity index is 2.07. The third kappa shape index (κ3) is 2.06. The molecule has 0 radical (unpaired) electrons. The number of fused-ring (bicyclic) bond motifs is 1. The Labute approximate surface area is 119 Å². The van der Waals surface area contributed by atoms with Crippen LogP contribution in [0.25, 0.3) is 0 Å². The molecule has 0 aliphatic carbocycles. The van der Waals surface area contributed by atoms with Gasteiger partial charge in [0, 0.05) is 5.92 Å². The van der Waals surface area contributed by atoms with E-state index in [-0.39, 0.29) is 12.0 Å². The molecule has 1 aliphatic heterocycles. The average molecular weight is 265 g/mol. The van der Waals surface area contributed by atoms with E-state index in [4.69, 9.17) is 11.6 Å². The molecule has 4 N–H and O–H groups in total. The van der Waals surface area contributed by atoms with Gasteiger partial charge in [0.05, 0.1) is 11.7 Å². The summed E-state index contributed by atoms with van der Waals surface area (Å²) in [5, 5.41) is 1.88. The van der Waals surface area contributed by atoms with Crippen molar-refractivity contribution in [2.24, 2.45) is 11.6 Å². The van der Waals surface area contributed by atoms with Crippen LogP contribution >= 0.6 is 0 Å². The van der Waals surface area contributed by atoms with Crippen LogP contribution in [0.1, 0.15) is 23.5 Å². The van der Waals surface area contributed by atoms with E-state index in [0.29, 0.717) is 0 Å². The van der Waals surface area contributed by atoms with Crippen LogP contribution in [0.4, 0.5) is 5.69 Å². The van der Waals surface area contributed by atoms with Crippen LogP contribution in [0.3, 0.4) is 0 Å². The Morgan fingerprint density at radius 3 is 2.45 bits per heavy atom. The van der Waals surface area contributed by atoms with E-state index in [1.165, 1.54) is 11.1 Å². The van der Waals surface area contributed by atoms with Gasteiger partial charge in [-0.15, -0.1) is 0 Å². The molecule has 0 saturated heterocycles. The van der Waals surface area contributed by atoms with Gasteiger partial charge < -0.3 is 10.7 Å². The predicted octanol–water partition coefficient (Wildman–Crippen LogP) is 2.74. The Morgan fingerprint density at radius 2 is 1.70 bits per heavy atom. The van der Waals surface area contributed by atoms with Gasteiger partial charge in [0.15, 0.2) is 0 Å². The SMILES string of the molecule is NC=CCC1C(c2ccccc2)c2ccccc2N1N. The molecule has 0 bridgehead atoms. The lowest BCUT2D eigenvalue weighted by atomic mass is 9.86. The first kappa shape index (κ1) is 12.8. The van der Waals surface area contributed by atoms with Crippen LogP contribution in [-0.2, 0) is 0 Å². The highest BCUT2D eigenvalue weighted by Crippen LogP contribution is 2.43. The molecular formula is C17H19N3. The molecule has 0 aromatic heterocycles. The molecule has 3 rings (SSSR count). The Bertz CT molecular complexity index is 607. The van der Waals surface area contributed by atoms with Gasteiger partial charge in [0.1, 0.15) is 0 Å². The van der Waals surface area contributed by atoms with Gasteiger partial charge in [-0.3, -0.25) is 0 Å². The highest BCUT2D eigenvalue weighted by Gasteiger charge is 2.36. The molecule has 2 aromatic rings. The second-order valence-corrected chi connectivity index (χ2v) is 5.09.